The number of ether oxygens (including phenoxy) is 2. The van der Waals surface area contributed by atoms with Crippen molar-refractivity contribution in [1.82, 2.24) is 0 Å². The van der Waals surface area contributed by atoms with Crippen molar-refractivity contribution in [2.24, 2.45) is 5.92 Å². The highest BCUT2D eigenvalue weighted by atomic mass is 32.1. The molecule has 0 saturated carbocycles. The lowest BCUT2D eigenvalue weighted by Crippen LogP contribution is -2.21. The van der Waals surface area contributed by atoms with Crippen molar-refractivity contribution >= 4 is 40.3 Å². The zero-order chi connectivity index (χ0) is 20.1. The molecule has 0 unspecified atom stereocenters. The summed E-state index contributed by atoms with van der Waals surface area (Å²) in [6.07, 6.45) is 6.74. The van der Waals surface area contributed by atoms with Crippen LogP contribution in [0.25, 0.3) is 6.08 Å². The summed E-state index contributed by atoms with van der Waals surface area (Å²) in [5.74, 6) is -0.624. The van der Waals surface area contributed by atoms with Gasteiger partial charge >= 0.3 is 11.9 Å². The molecule has 1 aliphatic rings. The molecule has 0 radical (unpaired) electrons. The van der Waals surface area contributed by atoms with Gasteiger partial charge in [-0.15, -0.1) is 11.3 Å². The van der Waals surface area contributed by atoms with E-state index in [4.69, 9.17) is 13.9 Å². The molecule has 1 atom stereocenters. The minimum Gasteiger partial charge on any atom is -0.465 e. The van der Waals surface area contributed by atoms with Gasteiger partial charge in [0.05, 0.1) is 18.9 Å². The summed E-state index contributed by atoms with van der Waals surface area (Å²) in [6.45, 7) is 1.70. The fraction of sp³-hybridized carbons (Fsp3) is 0.350. The van der Waals surface area contributed by atoms with E-state index in [2.05, 4.69) is 12.2 Å². The molecular weight excluding hydrogens is 382 g/mol. The minimum absolute atomic E-state index is 0.409. The van der Waals surface area contributed by atoms with Crippen LogP contribution in [-0.4, -0.2) is 31.6 Å². The Kier molecular flexibility index (Phi) is 6.30. The highest BCUT2D eigenvalue weighted by Crippen LogP contribution is 2.39. The van der Waals surface area contributed by atoms with E-state index in [0.29, 0.717) is 22.2 Å². The summed E-state index contributed by atoms with van der Waals surface area (Å²) in [5.41, 5.74) is 1.36. The van der Waals surface area contributed by atoms with Gasteiger partial charge < -0.3 is 19.2 Å². The van der Waals surface area contributed by atoms with Crippen molar-refractivity contribution in [2.75, 3.05) is 19.0 Å². The number of carbonyl (C=O) groups excluding carboxylic acids is 3. The number of anilines is 1. The lowest BCUT2D eigenvalue weighted by Gasteiger charge is -2.18. The molecule has 7 nitrogen and oxygen atoms in total. The van der Waals surface area contributed by atoms with Crippen LogP contribution in [0, 0.1) is 5.92 Å². The highest BCUT2D eigenvalue weighted by Gasteiger charge is 2.28. The topological polar surface area (TPSA) is 94.8 Å². The number of nitrogens with one attached hydrogen (secondary N) is 1. The van der Waals surface area contributed by atoms with Crippen molar-refractivity contribution in [3.63, 3.8) is 0 Å². The molecule has 2 aromatic rings. The fourth-order valence-electron chi connectivity index (χ4n) is 3.04. The Morgan fingerprint density at radius 1 is 1.39 bits per heavy atom. The summed E-state index contributed by atoms with van der Waals surface area (Å²) < 4.78 is 14.9. The number of fused-ring (bicyclic) bond motifs is 1. The molecule has 1 amide bonds. The van der Waals surface area contributed by atoms with Gasteiger partial charge in [-0.05, 0) is 49.0 Å². The number of methoxy groups -OCH3 is 1. The molecule has 2 aromatic heterocycles. The second kappa shape index (κ2) is 8.88. The Hall–Kier alpha value is -2.87. The predicted octanol–water partition coefficient (Wildman–Crippen LogP) is 3.45. The lowest BCUT2D eigenvalue weighted by molar-refractivity contribution is -0.142. The Labute approximate surface area is 166 Å². The van der Waals surface area contributed by atoms with E-state index in [0.717, 1.165) is 29.7 Å². The van der Waals surface area contributed by atoms with E-state index < -0.39 is 24.5 Å². The molecule has 2 heterocycles. The van der Waals surface area contributed by atoms with Crippen LogP contribution in [0.1, 0.15) is 39.9 Å². The number of esters is 2. The van der Waals surface area contributed by atoms with Gasteiger partial charge in [-0.3, -0.25) is 4.79 Å². The maximum absolute atomic E-state index is 12.2. The molecule has 0 aliphatic heterocycles. The van der Waals surface area contributed by atoms with E-state index in [1.165, 1.54) is 36.9 Å². The van der Waals surface area contributed by atoms with Crippen LogP contribution in [0.4, 0.5) is 5.00 Å². The number of hydrogen-bond acceptors (Lipinski definition) is 7. The van der Waals surface area contributed by atoms with Gasteiger partial charge in [-0.25, -0.2) is 9.59 Å². The van der Waals surface area contributed by atoms with Gasteiger partial charge in [0.2, 0.25) is 0 Å². The van der Waals surface area contributed by atoms with E-state index in [9.17, 15) is 14.4 Å². The molecule has 3 rings (SSSR count). The second-order valence-corrected chi connectivity index (χ2v) is 7.66. The molecule has 0 fully saturated rings. The third kappa shape index (κ3) is 4.69. The first-order valence-corrected chi connectivity index (χ1v) is 9.70. The number of carbonyl (C=O) groups is 3. The smallest absolute Gasteiger partial charge is 0.341 e. The standard InChI is InChI=1S/C20H21NO6S/c1-12-5-7-14-15(10-12)28-19(18(14)20(24)25-2)21-16(22)11-27-17(23)8-6-13-4-3-9-26-13/h3-4,6,8-9,12H,5,7,10-11H2,1-2H3,(H,21,22)/b8-6+/t12-/m1/s1. The molecule has 148 valence electrons. The maximum Gasteiger partial charge on any atom is 0.341 e. The third-order valence-electron chi connectivity index (χ3n) is 4.43. The van der Waals surface area contributed by atoms with Gasteiger partial charge in [0.15, 0.2) is 6.61 Å². The number of amides is 1. The van der Waals surface area contributed by atoms with E-state index in [1.807, 2.05) is 0 Å². The number of rotatable bonds is 6. The van der Waals surface area contributed by atoms with Gasteiger partial charge in [0, 0.05) is 11.0 Å². The van der Waals surface area contributed by atoms with Crippen LogP contribution in [0.3, 0.4) is 0 Å². The molecule has 0 spiro atoms. The summed E-state index contributed by atoms with van der Waals surface area (Å²) in [7, 11) is 1.32. The second-order valence-electron chi connectivity index (χ2n) is 6.55. The van der Waals surface area contributed by atoms with Crippen LogP contribution >= 0.6 is 11.3 Å². The third-order valence-corrected chi connectivity index (χ3v) is 5.60. The molecule has 1 N–H and O–H groups in total. The van der Waals surface area contributed by atoms with Crippen molar-refractivity contribution in [1.29, 1.82) is 0 Å². The quantitative estimate of drug-likeness (QED) is 0.586. The largest absolute Gasteiger partial charge is 0.465 e. The summed E-state index contributed by atoms with van der Waals surface area (Å²) in [4.78, 5) is 37.2. The normalized spacial score (nSPS) is 15.9. The fourth-order valence-corrected chi connectivity index (χ4v) is 4.46. The zero-order valence-electron chi connectivity index (χ0n) is 15.7. The monoisotopic (exact) mass is 403 g/mol. The molecule has 28 heavy (non-hydrogen) atoms. The first-order valence-electron chi connectivity index (χ1n) is 8.89. The van der Waals surface area contributed by atoms with Gasteiger partial charge in [-0.1, -0.05) is 6.92 Å². The van der Waals surface area contributed by atoms with Crippen molar-refractivity contribution < 1.29 is 28.3 Å². The van der Waals surface area contributed by atoms with Gasteiger partial charge in [-0.2, -0.15) is 0 Å². The summed E-state index contributed by atoms with van der Waals surface area (Å²) in [5, 5.41) is 3.12. The predicted molar refractivity (Wildman–Crippen MR) is 104 cm³/mol. The van der Waals surface area contributed by atoms with E-state index in [1.54, 1.807) is 12.1 Å². The molecule has 0 aromatic carbocycles. The van der Waals surface area contributed by atoms with Crippen LogP contribution in [0.2, 0.25) is 0 Å². The average molecular weight is 403 g/mol. The van der Waals surface area contributed by atoms with Crippen LogP contribution in [0.5, 0.6) is 0 Å². The van der Waals surface area contributed by atoms with Crippen LogP contribution < -0.4 is 5.32 Å². The van der Waals surface area contributed by atoms with Crippen molar-refractivity contribution in [3.05, 3.63) is 46.2 Å². The molecule has 0 bridgehead atoms. The SMILES string of the molecule is COC(=O)c1c(NC(=O)COC(=O)/C=C/c2ccco2)sc2c1CC[C@@H](C)C2. The first-order chi connectivity index (χ1) is 13.5. The lowest BCUT2D eigenvalue weighted by atomic mass is 9.88. The Bertz CT molecular complexity index is 896. The van der Waals surface area contributed by atoms with Crippen molar-refractivity contribution in [3.8, 4) is 0 Å². The Balaban J connectivity index is 1.63. The molecule has 8 heteroatoms. The van der Waals surface area contributed by atoms with Crippen LogP contribution in [-0.2, 0) is 31.9 Å². The van der Waals surface area contributed by atoms with Crippen molar-refractivity contribution in [2.45, 2.75) is 26.2 Å². The first kappa shape index (κ1) is 19.9. The Morgan fingerprint density at radius 2 is 2.21 bits per heavy atom. The summed E-state index contributed by atoms with van der Waals surface area (Å²) in [6, 6.07) is 3.38. The number of furan rings is 1. The average Bonchev–Trinajstić information content (AvgIpc) is 3.31. The molecule has 0 saturated heterocycles. The zero-order valence-corrected chi connectivity index (χ0v) is 16.5. The van der Waals surface area contributed by atoms with E-state index in [-0.39, 0.29) is 0 Å². The minimum atomic E-state index is -0.668. The maximum atomic E-state index is 12.2. The van der Waals surface area contributed by atoms with E-state index >= 15 is 0 Å². The highest BCUT2D eigenvalue weighted by molar-refractivity contribution is 7.17. The number of hydrogen-bond donors (Lipinski definition) is 1. The van der Waals surface area contributed by atoms with Gasteiger partial charge in [0.25, 0.3) is 5.91 Å². The van der Waals surface area contributed by atoms with Crippen LogP contribution in [0.15, 0.2) is 28.9 Å². The molecular formula is C20H21NO6S. The van der Waals surface area contributed by atoms with Gasteiger partial charge in [0.1, 0.15) is 10.8 Å². The number of thiophene rings is 1. The Morgan fingerprint density at radius 3 is 2.93 bits per heavy atom. The summed E-state index contributed by atoms with van der Waals surface area (Å²) >= 11 is 1.38. The molecule has 1 aliphatic carbocycles.